The average molecular weight is 569 g/mol. The molecule has 3 aromatic rings. The van der Waals surface area contributed by atoms with E-state index in [9.17, 15) is 13.6 Å². The zero-order valence-electron chi connectivity index (χ0n) is 23.7. The predicted octanol–water partition coefficient (Wildman–Crippen LogP) is 9.50. The molecule has 0 bridgehead atoms. The molecule has 41 heavy (non-hydrogen) atoms. The number of carbonyl (C=O) groups excluding carboxylic acids is 1. The van der Waals surface area contributed by atoms with E-state index in [1.165, 1.54) is 13.2 Å². The molecule has 2 saturated carbocycles. The van der Waals surface area contributed by atoms with Crippen molar-refractivity contribution in [3.05, 3.63) is 88.5 Å². The lowest BCUT2D eigenvalue weighted by Gasteiger charge is -2.30. The maximum atomic E-state index is 15.6. The molecule has 0 amide bonds. The van der Waals surface area contributed by atoms with Crippen molar-refractivity contribution in [3.63, 3.8) is 0 Å². The summed E-state index contributed by atoms with van der Waals surface area (Å²) in [6.45, 7) is 4.43. The highest BCUT2D eigenvalue weighted by atomic mass is 19.3. The van der Waals surface area contributed by atoms with Gasteiger partial charge >= 0.3 is 5.97 Å². The minimum atomic E-state index is -2.70. The number of hydrogen-bond acceptors (Lipinski definition) is 3. The highest BCUT2D eigenvalue weighted by Gasteiger charge is 2.38. The summed E-state index contributed by atoms with van der Waals surface area (Å²) in [5.74, 6) is -1.22. The summed E-state index contributed by atoms with van der Waals surface area (Å²) in [7, 11) is 1.33. The lowest BCUT2D eigenvalue weighted by molar-refractivity contribution is -0.141. The second kappa shape index (κ2) is 11.9. The number of carbonyl (C=O) groups is 1. The first-order valence-electron chi connectivity index (χ1n) is 14.3. The summed E-state index contributed by atoms with van der Waals surface area (Å²) < 4.78 is 68.5. The lowest BCUT2D eigenvalue weighted by atomic mass is 9.75. The molecular weight excluding hydrogens is 532 g/mol. The average Bonchev–Trinajstić information content (AvgIpc) is 3.73. The molecule has 5 rings (SSSR count). The minimum Gasteiger partial charge on any atom is -0.486 e. The molecule has 0 aromatic heterocycles. The van der Waals surface area contributed by atoms with Gasteiger partial charge in [-0.25, -0.2) is 17.6 Å². The highest BCUT2D eigenvalue weighted by molar-refractivity contribution is 5.71. The van der Waals surface area contributed by atoms with E-state index in [1.807, 2.05) is 6.07 Å². The third kappa shape index (κ3) is 6.29. The quantitative estimate of drug-likeness (QED) is 0.181. The summed E-state index contributed by atoms with van der Waals surface area (Å²) >= 11 is 0. The van der Waals surface area contributed by atoms with Gasteiger partial charge in [0.05, 0.1) is 13.5 Å². The van der Waals surface area contributed by atoms with Crippen LogP contribution in [-0.4, -0.2) is 13.1 Å². The van der Waals surface area contributed by atoms with Crippen LogP contribution in [0.15, 0.2) is 54.6 Å². The fourth-order valence-corrected chi connectivity index (χ4v) is 6.40. The van der Waals surface area contributed by atoms with Crippen molar-refractivity contribution in [1.82, 2.24) is 0 Å². The molecule has 2 atom stereocenters. The highest BCUT2D eigenvalue weighted by Crippen LogP contribution is 2.51. The van der Waals surface area contributed by atoms with E-state index < -0.39 is 18.1 Å². The number of halogens is 4. The van der Waals surface area contributed by atoms with E-state index in [4.69, 9.17) is 9.47 Å². The van der Waals surface area contributed by atoms with Crippen LogP contribution in [0.1, 0.15) is 92.9 Å². The number of alkyl halides is 2. The smallest absolute Gasteiger partial charge is 0.306 e. The standard InChI is InChI=1S/C34H36F4O3/c1-34(2)15-5-7-28(34)26-16-20(9-13-23(26)27-17-22(33(37)38)12-14-29(27)35)19-41-30-8-4-6-24(32(30)36)25(21-10-11-21)18-31(39)40-3/h4,6,8-9,12-14,16-17,21,25,28,33H,5,7,10-11,15,18-19H2,1-3H3/t25?,28-/m0/s1. The monoisotopic (exact) mass is 568 g/mol. The first-order valence-corrected chi connectivity index (χ1v) is 14.3. The fourth-order valence-electron chi connectivity index (χ4n) is 6.40. The summed E-state index contributed by atoms with van der Waals surface area (Å²) in [5.41, 5.74) is 2.59. The molecule has 1 unspecified atom stereocenters. The fraction of sp³-hybridized carbons (Fsp3) is 0.441. The van der Waals surface area contributed by atoms with Crippen LogP contribution >= 0.6 is 0 Å². The minimum absolute atomic E-state index is 0.0526. The Bertz CT molecular complexity index is 1410. The summed E-state index contributed by atoms with van der Waals surface area (Å²) in [5, 5.41) is 0. The summed E-state index contributed by atoms with van der Waals surface area (Å²) in [6.07, 6.45) is 2.23. The van der Waals surface area contributed by atoms with Gasteiger partial charge in [0.2, 0.25) is 0 Å². The van der Waals surface area contributed by atoms with E-state index in [1.54, 1.807) is 30.3 Å². The molecule has 3 aromatic carbocycles. The zero-order valence-corrected chi connectivity index (χ0v) is 23.7. The van der Waals surface area contributed by atoms with Gasteiger partial charge in [0, 0.05) is 17.0 Å². The second-order valence-electron chi connectivity index (χ2n) is 12.1. The van der Waals surface area contributed by atoms with Gasteiger partial charge in [0.25, 0.3) is 6.43 Å². The largest absolute Gasteiger partial charge is 0.486 e. The molecular formula is C34H36F4O3. The van der Waals surface area contributed by atoms with E-state index in [0.29, 0.717) is 11.1 Å². The summed E-state index contributed by atoms with van der Waals surface area (Å²) in [6, 6.07) is 14.0. The van der Waals surface area contributed by atoms with E-state index in [-0.39, 0.29) is 59.0 Å². The van der Waals surface area contributed by atoms with Crippen LogP contribution in [0.25, 0.3) is 11.1 Å². The van der Waals surface area contributed by atoms with E-state index >= 15 is 8.78 Å². The van der Waals surface area contributed by atoms with Crippen molar-refractivity contribution in [2.45, 2.75) is 77.2 Å². The van der Waals surface area contributed by atoms with Gasteiger partial charge in [-0.15, -0.1) is 0 Å². The van der Waals surface area contributed by atoms with Crippen LogP contribution in [0.5, 0.6) is 5.75 Å². The molecule has 0 spiro atoms. The topological polar surface area (TPSA) is 35.5 Å². The van der Waals surface area contributed by atoms with E-state index in [0.717, 1.165) is 55.4 Å². The Morgan fingerprint density at radius 1 is 1.00 bits per heavy atom. The normalized spacial score (nSPS) is 18.9. The number of rotatable bonds is 10. The molecule has 3 nitrogen and oxygen atoms in total. The molecule has 0 heterocycles. The van der Waals surface area contributed by atoms with Crippen molar-refractivity contribution in [1.29, 1.82) is 0 Å². The van der Waals surface area contributed by atoms with Gasteiger partial charge in [-0.05, 0) is 83.4 Å². The maximum Gasteiger partial charge on any atom is 0.306 e. The van der Waals surface area contributed by atoms with Gasteiger partial charge in [0.15, 0.2) is 11.6 Å². The first kappa shape index (κ1) is 29.2. The Morgan fingerprint density at radius 3 is 2.44 bits per heavy atom. The van der Waals surface area contributed by atoms with Crippen LogP contribution in [0.4, 0.5) is 17.6 Å². The molecule has 0 aliphatic heterocycles. The van der Waals surface area contributed by atoms with E-state index in [2.05, 4.69) is 13.8 Å². The molecule has 2 aliphatic carbocycles. The lowest BCUT2D eigenvalue weighted by Crippen LogP contribution is -2.17. The van der Waals surface area contributed by atoms with Crippen molar-refractivity contribution >= 4 is 5.97 Å². The van der Waals surface area contributed by atoms with Crippen LogP contribution in [0.2, 0.25) is 0 Å². The Hall–Kier alpha value is -3.35. The second-order valence-corrected chi connectivity index (χ2v) is 12.1. The van der Waals surface area contributed by atoms with Crippen LogP contribution in [0.3, 0.4) is 0 Å². The number of benzene rings is 3. The first-order chi connectivity index (χ1) is 19.6. The number of esters is 1. The van der Waals surface area contributed by atoms with Crippen LogP contribution < -0.4 is 4.74 Å². The number of ether oxygens (including phenoxy) is 2. The van der Waals surface area contributed by atoms with Crippen molar-refractivity contribution < 1.29 is 31.8 Å². The van der Waals surface area contributed by atoms with Crippen LogP contribution in [-0.2, 0) is 16.1 Å². The third-order valence-electron chi connectivity index (χ3n) is 8.87. The molecule has 2 fully saturated rings. The third-order valence-corrected chi connectivity index (χ3v) is 8.87. The Balaban J connectivity index is 1.46. The van der Waals surface area contributed by atoms with Gasteiger partial charge < -0.3 is 9.47 Å². The molecule has 7 heteroatoms. The molecule has 0 saturated heterocycles. The van der Waals surface area contributed by atoms with Gasteiger partial charge in [-0.1, -0.05) is 56.7 Å². The number of hydrogen-bond donors (Lipinski definition) is 0. The molecule has 2 aliphatic rings. The Labute approximate surface area is 238 Å². The molecule has 0 radical (unpaired) electrons. The van der Waals surface area contributed by atoms with Gasteiger partial charge in [-0.2, -0.15) is 0 Å². The van der Waals surface area contributed by atoms with Crippen molar-refractivity contribution in [3.8, 4) is 16.9 Å². The van der Waals surface area contributed by atoms with Gasteiger partial charge in [0.1, 0.15) is 12.4 Å². The summed E-state index contributed by atoms with van der Waals surface area (Å²) in [4.78, 5) is 12.0. The SMILES string of the molecule is COC(=O)CC(c1cccc(OCc2ccc(-c3cc(C(F)F)ccc3F)c([C@@H]3CCCC3(C)C)c2)c1F)C1CC1. The van der Waals surface area contributed by atoms with Crippen LogP contribution in [0, 0.1) is 23.0 Å². The predicted molar refractivity (Wildman–Crippen MR) is 150 cm³/mol. The van der Waals surface area contributed by atoms with Gasteiger partial charge in [-0.3, -0.25) is 4.79 Å². The van der Waals surface area contributed by atoms with Crippen molar-refractivity contribution in [2.75, 3.05) is 7.11 Å². The zero-order chi connectivity index (χ0) is 29.3. The Kier molecular flexibility index (Phi) is 8.44. The number of methoxy groups -OCH3 is 1. The molecule has 218 valence electrons. The molecule has 0 N–H and O–H groups in total. The van der Waals surface area contributed by atoms with Crippen molar-refractivity contribution in [2.24, 2.45) is 11.3 Å². The Morgan fingerprint density at radius 2 is 1.78 bits per heavy atom. The maximum absolute atomic E-state index is 15.6.